The van der Waals surface area contributed by atoms with Crippen LogP contribution >= 0.6 is 11.6 Å². The van der Waals surface area contributed by atoms with E-state index < -0.39 is 0 Å². The van der Waals surface area contributed by atoms with Crippen molar-refractivity contribution >= 4 is 34.7 Å². The molecule has 2 aromatic carbocycles. The average molecular weight is 360 g/mol. The van der Waals surface area contributed by atoms with Gasteiger partial charge in [-0.15, -0.1) is 0 Å². The molecule has 0 spiro atoms. The van der Waals surface area contributed by atoms with E-state index in [0.717, 1.165) is 27.7 Å². The number of aromatic nitrogens is 3. The summed E-state index contributed by atoms with van der Waals surface area (Å²) in [5.74, 6) is 0.416. The Morgan fingerprint density at radius 3 is 2.65 bits per heavy atom. The Labute approximate surface area is 155 Å². The van der Waals surface area contributed by atoms with Crippen molar-refractivity contribution in [2.45, 2.75) is 0 Å². The molecule has 0 fully saturated rings. The first-order valence-corrected chi connectivity index (χ1v) is 8.39. The highest BCUT2D eigenvalue weighted by Crippen LogP contribution is 2.29. The van der Waals surface area contributed by atoms with Gasteiger partial charge in [0, 0.05) is 33.9 Å². The third-order valence-corrected chi connectivity index (χ3v) is 4.00. The van der Waals surface area contributed by atoms with Gasteiger partial charge < -0.3 is 0 Å². The number of nitrogens with zero attached hydrogens (tertiary/aromatic N) is 4. The third kappa shape index (κ3) is 3.53. The molecule has 0 radical (unpaired) electrons. The molecule has 1 N–H and O–H groups in total. The van der Waals surface area contributed by atoms with Crippen molar-refractivity contribution in [1.82, 2.24) is 15.0 Å². The maximum absolute atomic E-state index is 6.17. The number of anilines is 1. The first-order chi connectivity index (χ1) is 12.8. The maximum Gasteiger partial charge on any atom is 0.244 e. The molecule has 0 saturated carbocycles. The van der Waals surface area contributed by atoms with Crippen LogP contribution in [0.2, 0.25) is 5.02 Å². The summed E-state index contributed by atoms with van der Waals surface area (Å²) < 4.78 is 0. The smallest absolute Gasteiger partial charge is 0.244 e. The predicted molar refractivity (Wildman–Crippen MR) is 105 cm³/mol. The van der Waals surface area contributed by atoms with Crippen molar-refractivity contribution in [1.29, 1.82) is 0 Å². The van der Waals surface area contributed by atoms with Crippen molar-refractivity contribution in [3.8, 4) is 11.3 Å². The van der Waals surface area contributed by atoms with Crippen LogP contribution in [0.25, 0.3) is 22.2 Å². The maximum atomic E-state index is 6.17. The Balaban J connectivity index is 1.74. The molecule has 0 unspecified atom stereocenters. The number of fused-ring (bicyclic) bond motifs is 1. The van der Waals surface area contributed by atoms with Crippen LogP contribution in [0, 0.1) is 0 Å². The zero-order valence-electron chi connectivity index (χ0n) is 13.7. The van der Waals surface area contributed by atoms with Crippen LogP contribution < -0.4 is 5.43 Å². The zero-order chi connectivity index (χ0) is 17.8. The van der Waals surface area contributed by atoms with Crippen LogP contribution in [-0.4, -0.2) is 21.2 Å². The van der Waals surface area contributed by atoms with Gasteiger partial charge in [-0.2, -0.15) is 5.10 Å². The average Bonchev–Trinajstić information content (AvgIpc) is 2.69. The number of benzene rings is 2. The molecule has 4 aromatic rings. The second-order valence-corrected chi connectivity index (χ2v) is 6.02. The lowest BCUT2D eigenvalue weighted by Gasteiger charge is -2.09. The van der Waals surface area contributed by atoms with Crippen LogP contribution in [0.5, 0.6) is 0 Å². The fourth-order valence-electron chi connectivity index (χ4n) is 2.58. The monoisotopic (exact) mass is 359 g/mol. The van der Waals surface area contributed by atoms with E-state index in [1.165, 1.54) is 0 Å². The molecular weight excluding hydrogens is 346 g/mol. The lowest BCUT2D eigenvalue weighted by atomic mass is 10.1. The molecule has 126 valence electrons. The van der Waals surface area contributed by atoms with Gasteiger partial charge in [0.2, 0.25) is 5.95 Å². The summed E-state index contributed by atoms with van der Waals surface area (Å²) in [5.41, 5.74) is 6.37. The summed E-state index contributed by atoms with van der Waals surface area (Å²) >= 11 is 6.17. The van der Waals surface area contributed by atoms with Gasteiger partial charge in [0.05, 0.1) is 17.4 Å². The van der Waals surface area contributed by atoms with Crippen molar-refractivity contribution in [3.63, 3.8) is 0 Å². The van der Waals surface area contributed by atoms with E-state index in [-0.39, 0.29) is 0 Å². The Morgan fingerprint density at radius 2 is 1.85 bits per heavy atom. The van der Waals surface area contributed by atoms with Gasteiger partial charge >= 0.3 is 0 Å². The molecular formula is C20H14ClN5. The summed E-state index contributed by atoms with van der Waals surface area (Å²) in [4.78, 5) is 13.2. The van der Waals surface area contributed by atoms with Gasteiger partial charge in [0.15, 0.2) is 0 Å². The Hall–Kier alpha value is -3.31. The van der Waals surface area contributed by atoms with E-state index in [0.29, 0.717) is 11.0 Å². The summed E-state index contributed by atoms with van der Waals surface area (Å²) in [7, 11) is 0. The first-order valence-electron chi connectivity index (χ1n) is 8.01. The molecule has 0 aliphatic rings. The van der Waals surface area contributed by atoms with Crippen molar-refractivity contribution in [3.05, 3.63) is 83.6 Å². The number of nitrogens with one attached hydrogen (secondary N) is 1. The van der Waals surface area contributed by atoms with Crippen LogP contribution in [0.4, 0.5) is 5.95 Å². The molecule has 2 aromatic heterocycles. The van der Waals surface area contributed by atoms with E-state index in [2.05, 4.69) is 25.5 Å². The molecule has 5 nitrogen and oxygen atoms in total. The predicted octanol–water partition coefficient (Wildman–Crippen LogP) is 4.79. The van der Waals surface area contributed by atoms with E-state index in [4.69, 9.17) is 11.6 Å². The Kier molecular flexibility index (Phi) is 4.53. The summed E-state index contributed by atoms with van der Waals surface area (Å²) in [6.45, 7) is 0. The molecule has 26 heavy (non-hydrogen) atoms. The second kappa shape index (κ2) is 7.29. The first kappa shape index (κ1) is 16.2. The molecule has 6 heteroatoms. The van der Waals surface area contributed by atoms with Gasteiger partial charge in [-0.05, 0) is 24.3 Å². The number of rotatable bonds is 4. The van der Waals surface area contributed by atoms with Gasteiger partial charge in [-0.25, -0.2) is 15.4 Å². The van der Waals surface area contributed by atoms with E-state index in [1.54, 1.807) is 18.6 Å². The molecule has 4 rings (SSSR count). The number of pyridine rings is 1. The Morgan fingerprint density at radius 1 is 0.962 bits per heavy atom. The largest absolute Gasteiger partial charge is 0.264 e. The van der Waals surface area contributed by atoms with Crippen LogP contribution in [0.15, 0.2) is 78.2 Å². The van der Waals surface area contributed by atoms with E-state index in [9.17, 15) is 0 Å². The molecule has 0 saturated heterocycles. The summed E-state index contributed by atoms with van der Waals surface area (Å²) in [6.07, 6.45) is 5.11. The van der Waals surface area contributed by atoms with Crippen molar-refractivity contribution in [2.24, 2.45) is 5.10 Å². The molecule has 2 heterocycles. The molecule has 0 amide bonds. The van der Waals surface area contributed by atoms with Gasteiger partial charge in [-0.3, -0.25) is 4.98 Å². The minimum atomic E-state index is 0.416. The number of hydrogen-bond acceptors (Lipinski definition) is 5. The molecule has 0 aliphatic carbocycles. The normalized spacial score (nSPS) is 11.1. The highest BCUT2D eigenvalue weighted by molar-refractivity contribution is 6.31. The standard InChI is InChI=1S/C20H14ClN5/c21-16-8-9-18-17(11-16)19(15-6-2-1-3-7-15)25-20(24-18)26-23-13-14-5-4-10-22-12-14/h1-13H,(H,24,25,26). The second-order valence-electron chi connectivity index (χ2n) is 5.58. The summed E-state index contributed by atoms with van der Waals surface area (Å²) in [5, 5.41) is 5.75. The van der Waals surface area contributed by atoms with Crippen molar-refractivity contribution < 1.29 is 0 Å². The molecule has 0 bridgehead atoms. The van der Waals surface area contributed by atoms with Crippen LogP contribution in [0.3, 0.4) is 0 Å². The van der Waals surface area contributed by atoms with Gasteiger partial charge in [0.1, 0.15) is 0 Å². The Bertz CT molecular complexity index is 1070. The van der Waals surface area contributed by atoms with E-state index >= 15 is 0 Å². The topological polar surface area (TPSA) is 63.1 Å². The fraction of sp³-hybridized carbons (Fsp3) is 0. The number of hydrazone groups is 1. The van der Waals surface area contributed by atoms with Gasteiger partial charge in [0.25, 0.3) is 0 Å². The highest BCUT2D eigenvalue weighted by Gasteiger charge is 2.10. The lowest BCUT2D eigenvalue weighted by molar-refractivity contribution is 1.15. The highest BCUT2D eigenvalue weighted by atomic mass is 35.5. The number of hydrogen-bond donors (Lipinski definition) is 1. The molecule has 0 atom stereocenters. The fourth-order valence-corrected chi connectivity index (χ4v) is 2.76. The molecule has 0 aliphatic heterocycles. The summed E-state index contributed by atoms with van der Waals surface area (Å²) in [6, 6.07) is 19.3. The lowest BCUT2D eigenvalue weighted by Crippen LogP contribution is -2.00. The van der Waals surface area contributed by atoms with Gasteiger partial charge in [-0.1, -0.05) is 48.0 Å². The SMILES string of the molecule is Clc1ccc2nc(NN=Cc3cccnc3)nc(-c3ccccc3)c2c1. The quantitative estimate of drug-likeness (QED) is 0.420. The minimum Gasteiger partial charge on any atom is -0.264 e. The third-order valence-electron chi connectivity index (χ3n) is 3.77. The number of halogens is 1. The van der Waals surface area contributed by atoms with Crippen LogP contribution in [-0.2, 0) is 0 Å². The van der Waals surface area contributed by atoms with Crippen LogP contribution in [0.1, 0.15) is 5.56 Å². The van der Waals surface area contributed by atoms with E-state index in [1.807, 2.05) is 60.7 Å². The van der Waals surface area contributed by atoms with Crippen molar-refractivity contribution in [2.75, 3.05) is 5.43 Å². The zero-order valence-corrected chi connectivity index (χ0v) is 14.4. The minimum absolute atomic E-state index is 0.416.